The maximum atomic E-state index is 12.3. The summed E-state index contributed by atoms with van der Waals surface area (Å²) in [6, 6.07) is 7.50. The molecule has 0 aliphatic carbocycles. The molecule has 1 N–H and O–H groups in total. The highest BCUT2D eigenvalue weighted by Gasteiger charge is 2.26. The van der Waals surface area contributed by atoms with Gasteiger partial charge in [0.05, 0.1) is 5.02 Å². The second-order valence-corrected chi connectivity index (χ2v) is 6.06. The van der Waals surface area contributed by atoms with Gasteiger partial charge in [0.2, 0.25) is 5.91 Å². The molecule has 5 nitrogen and oxygen atoms in total. The Bertz CT molecular complexity index is 657. The Morgan fingerprint density at radius 3 is 2.74 bits per heavy atom. The largest absolute Gasteiger partial charge is 0.355 e. The zero-order valence-corrected chi connectivity index (χ0v) is 13.5. The van der Waals surface area contributed by atoms with Gasteiger partial charge in [0, 0.05) is 44.1 Å². The molecule has 0 aromatic carbocycles. The topological polar surface area (TPSA) is 58.1 Å². The van der Waals surface area contributed by atoms with Gasteiger partial charge in [0.15, 0.2) is 0 Å². The van der Waals surface area contributed by atoms with E-state index in [1.54, 1.807) is 18.6 Å². The van der Waals surface area contributed by atoms with E-state index in [0.717, 1.165) is 37.3 Å². The summed E-state index contributed by atoms with van der Waals surface area (Å²) in [6.45, 7) is 2.11. The molecular weight excluding hydrogens is 312 g/mol. The van der Waals surface area contributed by atoms with Crippen molar-refractivity contribution in [3.63, 3.8) is 0 Å². The second-order valence-electron chi connectivity index (χ2n) is 5.65. The average Bonchev–Trinajstić information content (AvgIpc) is 2.61. The standard InChI is InChI=1S/C17H19ClN4O/c18-15-4-2-8-20-16(15)22-9-5-14(6-10-22)17(23)21-12-13-3-1-7-19-11-13/h1-4,7-8,11,14H,5-6,9-10,12H2,(H,21,23). The zero-order chi connectivity index (χ0) is 16.1. The molecule has 1 saturated heterocycles. The first-order chi connectivity index (χ1) is 11.2. The number of aromatic nitrogens is 2. The maximum Gasteiger partial charge on any atom is 0.223 e. The SMILES string of the molecule is O=C(NCc1cccnc1)C1CCN(c2ncccc2Cl)CC1. The smallest absolute Gasteiger partial charge is 0.223 e. The third kappa shape index (κ3) is 3.99. The number of nitrogens with one attached hydrogen (secondary N) is 1. The molecule has 0 atom stereocenters. The fraction of sp³-hybridized carbons (Fsp3) is 0.353. The minimum absolute atomic E-state index is 0.0467. The fourth-order valence-corrected chi connectivity index (χ4v) is 3.04. The third-order valence-electron chi connectivity index (χ3n) is 4.09. The van der Waals surface area contributed by atoms with E-state index in [9.17, 15) is 4.79 Å². The molecule has 1 amide bonds. The molecule has 0 radical (unpaired) electrons. The molecule has 0 unspecified atom stereocenters. The number of rotatable bonds is 4. The van der Waals surface area contributed by atoms with Gasteiger partial charge in [-0.25, -0.2) is 4.98 Å². The molecule has 2 aromatic rings. The summed E-state index contributed by atoms with van der Waals surface area (Å²) in [7, 11) is 0. The molecule has 6 heteroatoms. The lowest BCUT2D eigenvalue weighted by molar-refractivity contribution is -0.125. The highest BCUT2D eigenvalue weighted by Crippen LogP contribution is 2.27. The molecule has 2 aromatic heterocycles. The van der Waals surface area contributed by atoms with Gasteiger partial charge in [-0.1, -0.05) is 17.7 Å². The lowest BCUT2D eigenvalue weighted by atomic mass is 9.96. The van der Waals surface area contributed by atoms with Gasteiger partial charge < -0.3 is 10.2 Å². The van der Waals surface area contributed by atoms with Crippen molar-refractivity contribution < 1.29 is 4.79 Å². The number of hydrogen-bond acceptors (Lipinski definition) is 4. The molecule has 120 valence electrons. The van der Waals surface area contributed by atoms with Gasteiger partial charge in [-0.15, -0.1) is 0 Å². The average molecular weight is 331 g/mol. The summed E-state index contributed by atoms with van der Waals surface area (Å²) in [5.74, 6) is 0.967. The van der Waals surface area contributed by atoms with E-state index in [0.29, 0.717) is 11.6 Å². The zero-order valence-electron chi connectivity index (χ0n) is 12.8. The van der Waals surface area contributed by atoms with Gasteiger partial charge in [-0.3, -0.25) is 9.78 Å². The van der Waals surface area contributed by atoms with Crippen LogP contribution in [0.1, 0.15) is 18.4 Å². The van der Waals surface area contributed by atoms with Crippen molar-refractivity contribution in [3.8, 4) is 0 Å². The summed E-state index contributed by atoms with van der Waals surface area (Å²) in [6.07, 6.45) is 6.86. The molecular formula is C17H19ClN4O. The van der Waals surface area contributed by atoms with Gasteiger partial charge in [-0.05, 0) is 36.6 Å². The van der Waals surface area contributed by atoms with E-state index in [1.165, 1.54) is 0 Å². The van der Waals surface area contributed by atoms with Crippen LogP contribution in [-0.2, 0) is 11.3 Å². The lowest BCUT2D eigenvalue weighted by Crippen LogP contribution is -2.40. The highest BCUT2D eigenvalue weighted by molar-refractivity contribution is 6.32. The first-order valence-electron chi connectivity index (χ1n) is 7.76. The quantitative estimate of drug-likeness (QED) is 0.936. The van der Waals surface area contributed by atoms with E-state index in [2.05, 4.69) is 20.2 Å². The minimum Gasteiger partial charge on any atom is -0.355 e. The number of anilines is 1. The Hall–Kier alpha value is -2.14. The Balaban J connectivity index is 1.50. The molecule has 23 heavy (non-hydrogen) atoms. The van der Waals surface area contributed by atoms with Crippen molar-refractivity contribution in [2.45, 2.75) is 19.4 Å². The monoisotopic (exact) mass is 330 g/mol. The number of halogens is 1. The Kier molecular flexibility index (Phi) is 5.08. The third-order valence-corrected chi connectivity index (χ3v) is 4.39. The second kappa shape index (κ2) is 7.42. The molecule has 3 heterocycles. The van der Waals surface area contributed by atoms with Gasteiger partial charge in [0.25, 0.3) is 0 Å². The van der Waals surface area contributed by atoms with Crippen LogP contribution < -0.4 is 10.2 Å². The molecule has 0 spiro atoms. The van der Waals surface area contributed by atoms with E-state index in [-0.39, 0.29) is 11.8 Å². The normalized spacial score (nSPS) is 15.4. The lowest BCUT2D eigenvalue weighted by Gasteiger charge is -2.32. The Labute approximate surface area is 140 Å². The van der Waals surface area contributed by atoms with E-state index in [1.807, 2.05) is 24.3 Å². The number of piperidine rings is 1. The molecule has 1 aliphatic rings. The number of carbonyl (C=O) groups is 1. The number of carbonyl (C=O) groups excluding carboxylic acids is 1. The van der Waals surface area contributed by atoms with Crippen LogP contribution >= 0.6 is 11.6 Å². The van der Waals surface area contributed by atoms with Crippen LogP contribution in [0.4, 0.5) is 5.82 Å². The van der Waals surface area contributed by atoms with Crippen molar-refractivity contribution in [2.75, 3.05) is 18.0 Å². The van der Waals surface area contributed by atoms with Crippen LogP contribution in [-0.4, -0.2) is 29.0 Å². The van der Waals surface area contributed by atoms with Gasteiger partial charge >= 0.3 is 0 Å². The van der Waals surface area contributed by atoms with Crippen molar-refractivity contribution in [1.29, 1.82) is 0 Å². The fourth-order valence-electron chi connectivity index (χ4n) is 2.80. The van der Waals surface area contributed by atoms with Crippen molar-refractivity contribution >= 4 is 23.3 Å². The first-order valence-corrected chi connectivity index (χ1v) is 8.14. The molecule has 3 rings (SSSR count). The van der Waals surface area contributed by atoms with Crippen LogP contribution in [0.5, 0.6) is 0 Å². The Morgan fingerprint density at radius 2 is 2.04 bits per heavy atom. The Morgan fingerprint density at radius 1 is 1.26 bits per heavy atom. The van der Waals surface area contributed by atoms with Crippen LogP contribution in [0, 0.1) is 5.92 Å². The van der Waals surface area contributed by atoms with Crippen molar-refractivity contribution in [2.24, 2.45) is 5.92 Å². The van der Waals surface area contributed by atoms with Crippen molar-refractivity contribution in [1.82, 2.24) is 15.3 Å². The molecule has 1 aliphatic heterocycles. The summed E-state index contributed by atoms with van der Waals surface area (Å²) in [5.41, 5.74) is 1.01. The first kappa shape index (κ1) is 15.7. The van der Waals surface area contributed by atoms with Crippen LogP contribution in [0.2, 0.25) is 5.02 Å². The highest BCUT2D eigenvalue weighted by atomic mass is 35.5. The van der Waals surface area contributed by atoms with E-state index in [4.69, 9.17) is 11.6 Å². The molecule has 0 saturated carbocycles. The van der Waals surface area contributed by atoms with Gasteiger partial charge in [-0.2, -0.15) is 0 Å². The van der Waals surface area contributed by atoms with Crippen molar-refractivity contribution in [3.05, 3.63) is 53.4 Å². The number of nitrogens with zero attached hydrogens (tertiary/aromatic N) is 3. The van der Waals surface area contributed by atoms with Crippen LogP contribution in [0.25, 0.3) is 0 Å². The van der Waals surface area contributed by atoms with E-state index >= 15 is 0 Å². The summed E-state index contributed by atoms with van der Waals surface area (Å²) >= 11 is 6.18. The number of hydrogen-bond donors (Lipinski definition) is 1. The molecule has 0 bridgehead atoms. The van der Waals surface area contributed by atoms with Crippen LogP contribution in [0.3, 0.4) is 0 Å². The summed E-state index contributed by atoms with van der Waals surface area (Å²) in [4.78, 5) is 22.8. The predicted octanol–water partition coefficient (Wildman–Crippen LogP) is 2.66. The summed E-state index contributed by atoms with van der Waals surface area (Å²) < 4.78 is 0. The van der Waals surface area contributed by atoms with E-state index < -0.39 is 0 Å². The van der Waals surface area contributed by atoms with Gasteiger partial charge in [0.1, 0.15) is 5.82 Å². The maximum absolute atomic E-state index is 12.3. The number of amides is 1. The van der Waals surface area contributed by atoms with Crippen LogP contribution in [0.15, 0.2) is 42.9 Å². The number of pyridine rings is 2. The summed E-state index contributed by atoms with van der Waals surface area (Å²) in [5, 5.41) is 3.65. The predicted molar refractivity (Wildman–Crippen MR) is 90.3 cm³/mol. The minimum atomic E-state index is 0.0467. The molecule has 1 fully saturated rings.